The monoisotopic (exact) mass is 382 g/mol. The van der Waals surface area contributed by atoms with Crippen molar-refractivity contribution in [1.29, 1.82) is 0 Å². The van der Waals surface area contributed by atoms with Crippen LogP contribution in [0.15, 0.2) is 53.7 Å². The summed E-state index contributed by atoms with van der Waals surface area (Å²) in [6, 6.07) is 10.5. The second-order valence-corrected chi connectivity index (χ2v) is 8.38. The van der Waals surface area contributed by atoms with Crippen LogP contribution >= 0.6 is 0 Å². The Bertz CT molecular complexity index is 1230. The summed E-state index contributed by atoms with van der Waals surface area (Å²) in [5, 5.41) is 10.2. The highest BCUT2D eigenvalue weighted by molar-refractivity contribution is 7.91. The Morgan fingerprint density at radius 1 is 1.22 bits per heavy atom. The van der Waals surface area contributed by atoms with E-state index < -0.39 is 9.84 Å². The van der Waals surface area contributed by atoms with E-state index in [0.29, 0.717) is 28.7 Å². The van der Waals surface area contributed by atoms with E-state index in [2.05, 4.69) is 25.5 Å². The smallest absolute Gasteiger partial charge is 0.214 e. The summed E-state index contributed by atoms with van der Waals surface area (Å²) in [6.45, 7) is 3.52. The minimum absolute atomic E-state index is 0.0507. The number of hydrogen-bond acceptors (Lipinski definition) is 6. The molecule has 0 radical (unpaired) electrons. The van der Waals surface area contributed by atoms with Crippen LogP contribution in [0.1, 0.15) is 12.6 Å². The van der Waals surface area contributed by atoms with Gasteiger partial charge < -0.3 is 5.32 Å². The highest BCUT2D eigenvalue weighted by Crippen LogP contribution is 2.25. The lowest BCUT2D eigenvalue weighted by Crippen LogP contribution is -2.05. The molecule has 0 bridgehead atoms. The first-order chi connectivity index (χ1) is 13.0. The van der Waals surface area contributed by atoms with E-state index in [4.69, 9.17) is 0 Å². The van der Waals surface area contributed by atoms with Crippen molar-refractivity contribution in [2.75, 3.05) is 11.1 Å². The van der Waals surface area contributed by atoms with Crippen LogP contribution < -0.4 is 5.32 Å². The van der Waals surface area contributed by atoms with Gasteiger partial charge in [0.05, 0.1) is 22.0 Å². The normalized spacial score (nSPS) is 11.8. The molecule has 0 saturated heterocycles. The summed E-state index contributed by atoms with van der Waals surface area (Å²) < 4.78 is 26.2. The number of benzene rings is 1. The number of fused-ring (bicyclic) bond motifs is 1. The number of rotatable bonds is 5. The van der Waals surface area contributed by atoms with Crippen LogP contribution in [0.5, 0.6) is 0 Å². The summed E-state index contributed by atoms with van der Waals surface area (Å²) in [7, 11) is -3.29. The van der Waals surface area contributed by atoms with Crippen molar-refractivity contribution in [3.8, 4) is 11.3 Å². The average molecular weight is 382 g/mol. The molecular weight excluding hydrogens is 364 g/mol. The Morgan fingerprint density at radius 3 is 2.81 bits per heavy atom. The molecule has 138 valence electrons. The molecule has 2 N–H and O–H groups in total. The second kappa shape index (κ2) is 6.51. The summed E-state index contributed by atoms with van der Waals surface area (Å²) in [6.07, 6.45) is 3.48. The fraction of sp³-hybridized carbons (Fsp3) is 0.167. The second-order valence-electron chi connectivity index (χ2n) is 6.10. The highest BCUT2D eigenvalue weighted by atomic mass is 32.2. The van der Waals surface area contributed by atoms with Gasteiger partial charge in [0.2, 0.25) is 5.95 Å². The van der Waals surface area contributed by atoms with Gasteiger partial charge >= 0.3 is 0 Å². The molecule has 0 saturated carbocycles. The zero-order valence-electron chi connectivity index (χ0n) is 14.8. The average Bonchev–Trinajstić information content (AvgIpc) is 3.30. The van der Waals surface area contributed by atoms with Crippen LogP contribution in [0.3, 0.4) is 0 Å². The predicted octanol–water partition coefficient (Wildman–Crippen LogP) is 2.97. The van der Waals surface area contributed by atoms with Crippen LogP contribution in [0.4, 0.5) is 11.8 Å². The van der Waals surface area contributed by atoms with Gasteiger partial charge in [-0.15, -0.1) is 0 Å². The molecule has 0 fully saturated rings. The van der Waals surface area contributed by atoms with Crippen molar-refractivity contribution in [3.05, 3.63) is 54.5 Å². The third kappa shape index (κ3) is 3.28. The van der Waals surface area contributed by atoms with Crippen LogP contribution in [0.2, 0.25) is 0 Å². The lowest BCUT2D eigenvalue weighted by molar-refractivity contribution is 0.597. The molecule has 3 heterocycles. The van der Waals surface area contributed by atoms with Crippen LogP contribution in [0.25, 0.3) is 16.9 Å². The fourth-order valence-electron chi connectivity index (χ4n) is 2.78. The zero-order chi connectivity index (χ0) is 19.0. The first kappa shape index (κ1) is 17.2. The molecule has 0 amide bonds. The van der Waals surface area contributed by atoms with E-state index in [-0.39, 0.29) is 10.6 Å². The number of aromatic nitrogens is 5. The van der Waals surface area contributed by atoms with Gasteiger partial charge in [-0.05, 0) is 19.1 Å². The fourth-order valence-corrected chi connectivity index (χ4v) is 3.71. The number of hydrogen-bond donors (Lipinski definition) is 2. The predicted molar refractivity (Wildman–Crippen MR) is 103 cm³/mol. The number of H-pyrrole nitrogens is 1. The van der Waals surface area contributed by atoms with E-state index in [1.165, 1.54) is 0 Å². The van der Waals surface area contributed by atoms with Crippen LogP contribution in [-0.2, 0) is 9.84 Å². The molecule has 3 aromatic heterocycles. The molecular formula is C18H18N6O2S. The van der Waals surface area contributed by atoms with Gasteiger partial charge in [-0.1, -0.05) is 19.1 Å². The van der Waals surface area contributed by atoms with Crippen molar-refractivity contribution in [3.63, 3.8) is 0 Å². The number of aromatic amines is 1. The maximum atomic E-state index is 12.2. The molecule has 0 spiro atoms. The van der Waals surface area contributed by atoms with Crippen molar-refractivity contribution in [2.24, 2.45) is 0 Å². The highest BCUT2D eigenvalue weighted by Gasteiger charge is 2.14. The molecule has 8 nitrogen and oxygen atoms in total. The minimum atomic E-state index is -3.29. The number of imidazole rings is 1. The lowest BCUT2D eigenvalue weighted by Gasteiger charge is -2.10. The van der Waals surface area contributed by atoms with E-state index in [9.17, 15) is 8.42 Å². The van der Waals surface area contributed by atoms with Gasteiger partial charge in [-0.3, -0.25) is 9.50 Å². The van der Waals surface area contributed by atoms with Crippen molar-refractivity contribution in [2.45, 2.75) is 18.7 Å². The Morgan fingerprint density at radius 2 is 2.07 bits per heavy atom. The van der Waals surface area contributed by atoms with Crippen molar-refractivity contribution in [1.82, 2.24) is 24.6 Å². The molecule has 27 heavy (non-hydrogen) atoms. The van der Waals surface area contributed by atoms with Gasteiger partial charge in [0.15, 0.2) is 9.84 Å². The van der Waals surface area contributed by atoms with Crippen LogP contribution in [0, 0.1) is 6.92 Å². The van der Waals surface area contributed by atoms with E-state index >= 15 is 0 Å². The molecule has 4 rings (SSSR count). The topological polar surface area (TPSA) is 105 Å². The quantitative estimate of drug-likeness (QED) is 0.550. The summed E-state index contributed by atoms with van der Waals surface area (Å²) in [5.41, 5.74) is 2.88. The van der Waals surface area contributed by atoms with E-state index in [1.54, 1.807) is 37.5 Å². The summed E-state index contributed by atoms with van der Waals surface area (Å²) >= 11 is 0. The maximum absolute atomic E-state index is 12.2. The van der Waals surface area contributed by atoms with Gasteiger partial charge in [0, 0.05) is 30.1 Å². The molecule has 1 aromatic carbocycles. The van der Waals surface area contributed by atoms with Gasteiger partial charge in [-0.2, -0.15) is 5.10 Å². The van der Waals surface area contributed by atoms with E-state index in [1.807, 2.05) is 29.5 Å². The number of nitrogens with one attached hydrogen (secondary N) is 2. The Labute approximate surface area is 156 Å². The molecule has 9 heteroatoms. The number of anilines is 2. The SMILES string of the molecule is CCS(=O)(=O)c1cccc(-c2cc3nccn3c(Nc3cc(C)n[nH]3)n2)c1. The molecule has 0 aliphatic carbocycles. The molecule has 4 aromatic rings. The standard InChI is InChI=1S/C18H18N6O2S/c1-3-27(25,26)14-6-4-5-13(10-14)15-11-17-19-7-8-24(17)18(20-15)21-16-9-12(2)22-23-16/h4-11H,3H2,1-2H3,(H2,20,21,22,23). The van der Waals surface area contributed by atoms with Gasteiger partial charge in [-0.25, -0.2) is 18.4 Å². The summed E-state index contributed by atoms with van der Waals surface area (Å²) in [5.74, 6) is 1.30. The lowest BCUT2D eigenvalue weighted by atomic mass is 10.1. The van der Waals surface area contributed by atoms with Crippen molar-refractivity contribution < 1.29 is 8.42 Å². The number of nitrogens with zero attached hydrogens (tertiary/aromatic N) is 4. The molecule has 0 unspecified atom stereocenters. The first-order valence-corrected chi connectivity index (χ1v) is 10.1. The summed E-state index contributed by atoms with van der Waals surface area (Å²) in [4.78, 5) is 9.29. The maximum Gasteiger partial charge on any atom is 0.214 e. The van der Waals surface area contributed by atoms with E-state index in [0.717, 1.165) is 5.69 Å². The largest absolute Gasteiger partial charge is 0.310 e. The number of aryl methyl sites for hydroxylation is 1. The zero-order valence-corrected chi connectivity index (χ0v) is 15.7. The third-order valence-corrected chi connectivity index (χ3v) is 5.94. The molecule has 0 atom stereocenters. The Hall–Kier alpha value is -3.20. The van der Waals surface area contributed by atoms with Crippen LogP contribution in [-0.4, -0.2) is 38.7 Å². The van der Waals surface area contributed by atoms with Gasteiger partial charge in [0.1, 0.15) is 11.5 Å². The van der Waals surface area contributed by atoms with Crippen molar-refractivity contribution >= 4 is 27.3 Å². The third-order valence-electron chi connectivity index (χ3n) is 4.21. The Kier molecular flexibility index (Phi) is 4.15. The number of sulfone groups is 1. The Balaban J connectivity index is 1.82. The first-order valence-electron chi connectivity index (χ1n) is 8.42. The molecule has 0 aliphatic heterocycles. The molecule has 0 aliphatic rings. The van der Waals surface area contributed by atoms with Gasteiger partial charge in [0.25, 0.3) is 0 Å². The minimum Gasteiger partial charge on any atom is -0.310 e.